The van der Waals surface area contributed by atoms with Crippen molar-refractivity contribution >= 4 is 10.9 Å². The van der Waals surface area contributed by atoms with E-state index in [1.54, 1.807) is 0 Å². The average molecular weight is 270 g/mol. The lowest BCUT2D eigenvalue weighted by Crippen LogP contribution is -2.47. The fraction of sp³-hybridized carbons (Fsp3) is 0.529. The van der Waals surface area contributed by atoms with E-state index in [0.717, 1.165) is 13.0 Å². The van der Waals surface area contributed by atoms with Gasteiger partial charge in [0, 0.05) is 35.6 Å². The lowest BCUT2D eigenvalue weighted by molar-refractivity contribution is -0.226. The third kappa shape index (κ3) is 1.80. The van der Waals surface area contributed by atoms with Gasteiger partial charge in [0.05, 0.1) is 6.10 Å². The van der Waals surface area contributed by atoms with Gasteiger partial charge in [0.25, 0.3) is 0 Å². The third-order valence-electron chi connectivity index (χ3n) is 4.72. The monoisotopic (exact) mass is 270 g/mol. The van der Waals surface area contributed by atoms with Gasteiger partial charge in [-0.3, -0.25) is 4.84 Å². The molecule has 1 aromatic heterocycles. The van der Waals surface area contributed by atoms with Crippen molar-refractivity contribution in [3.05, 3.63) is 35.5 Å². The number of aromatic nitrogens is 1. The molecule has 0 amide bonds. The lowest BCUT2D eigenvalue weighted by Gasteiger charge is -2.43. The number of nitrogens with one attached hydrogen (secondary N) is 1. The van der Waals surface area contributed by atoms with Gasteiger partial charge < -0.3 is 4.98 Å². The quantitative estimate of drug-likeness (QED) is 0.903. The molecule has 2 aromatic rings. The SMILES string of the molecule is CC(C)ON1CCC[C@@H]2c3cccc4[nH]cc(c34)C[C@H]21. The van der Waals surface area contributed by atoms with Crippen molar-refractivity contribution in [3.63, 3.8) is 0 Å². The molecule has 0 spiro atoms. The second-order valence-corrected chi connectivity index (χ2v) is 6.40. The second kappa shape index (κ2) is 4.61. The van der Waals surface area contributed by atoms with Gasteiger partial charge in [0.15, 0.2) is 0 Å². The number of hydrogen-bond acceptors (Lipinski definition) is 2. The van der Waals surface area contributed by atoms with Crippen molar-refractivity contribution < 1.29 is 4.84 Å². The van der Waals surface area contributed by atoms with E-state index < -0.39 is 0 Å². The van der Waals surface area contributed by atoms with E-state index >= 15 is 0 Å². The largest absolute Gasteiger partial charge is 0.361 e. The summed E-state index contributed by atoms with van der Waals surface area (Å²) < 4.78 is 0. The van der Waals surface area contributed by atoms with Crippen LogP contribution in [0.2, 0.25) is 0 Å². The second-order valence-electron chi connectivity index (χ2n) is 6.40. The average Bonchev–Trinajstić information content (AvgIpc) is 2.84. The van der Waals surface area contributed by atoms with E-state index in [0.29, 0.717) is 12.0 Å². The summed E-state index contributed by atoms with van der Waals surface area (Å²) >= 11 is 0. The molecule has 2 heterocycles. The van der Waals surface area contributed by atoms with Crippen LogP contribution < -0.4 is 0 Å². The molecule has 1 fully saturated rings. The van der Waals surface area contributed by atoms with Gasteiger partial charge in [-0.25, -0.2) is 0 Å². The van der Waals surface area contributed by atoms with Gasteiger partial charge >= 0.3 is 0 Å². The highest BCUT2D eigenvalue weighted by atomic mass is 16.7. The molecule has 20 heavy (non-hydrogen) atoms. The van der Waals surface area contributed by atoms with E-state index in [1.165, 1.54) is 34.9 Å². The molecule has 0 saturated carbocycles. The summed E-state index contributed by atoms with van der Waals surface area (Å²) in [5, 5.41) is 3.73. The van der Waals surface area contributed by atoms with Crippen LogP contribution in [0.15, 0.2) is 24.4 Å². The molecular weight excluding hydrogens is 248 g/mol. The first-order valence-electron chi connectivity index (χ1n) is 7.76. The van der Waals surface area contributed by atoms with E-state index in [-0.39, 0.29) is 6.10 Å². The van der Waals surface area contributed by atoms with Crippen molar-refractivity contribution in [1.29, 1.82) is 0 Å². The van der Waals surface area contributed by atoms with Crippen molar-refractivity contribution in [2.24, 2.45) is 0 Å². The van der Waals surface area contributed by atoms with Crippen LogP contribution in [0.3, 0.4) is 0 Å². The molecule has 3 nitrogen and oxygen atoms in total. The number of fused-ring (bicyclic) bond motifs is 2. The van der Waals surface area contributed by atoms with Gasteiger partial charge in [-0.1, -0.05) is 12.1 Å². The topological polar surface area (TPSA) is 28.3 Å². The molecule has 2 atom stereocenters. The van der Waals surface area contributed by atoms with Gasteiger partial charge in [-0.2, -0.15) is 5.06 Å². The highest BCUT2D eigenvalue weighted by molar-refractivity contribution is 5.88. The Labute approximate surface area is 119 Å². The van der Waals surface area contributed by atoms with Crippen LogP contribution in [0.5, 0.6) is 0 Å². The Morgan fingerprint density at radius 3 is 3.10 bits per heavy atom. The minimum atomic E-state index is 0.261. The third-order valence-corrected chi connectivity index (χ3v) is 4.72. The Morgan fingerprint density at radius 1 is 1.35 bits per heavy atom. The van der Waals surface area contributed by atoms with Crippen LogP contribution in [0.4, 0.5) is 0 Å². The minimum absolute atomic E-state index is 0.261. The number of benzene rings is 1. The molecule has 1 N–H and O–H groups in total. The highest BCUT2D eigenvalue weighted by Crippen LogP contribution is 2.43. The van der Waals surface area contributed by atoms with Crippen LogP contribution >= 0.6 is 0 Å². The first kappa shape index (κ1) is 12.4. The molecule has 0 radical (unpaired) electrons. The normalized spacial score (nSPS) is 26.1. The molecule has 0 unspecified atom stereocenters. The molecular formula is C17H22N2O. The van der Waals surface area contributed by atoms with Gasteiger partial charge in [0.2, 0.25) is 0 Å². The number of hydrogen-bond donors (Lipinski definition) is 1. The van der Waals surface area contributed by atoms with E-state index in [1.807, 2.05) is 0 Å². The Morgan fingerprint density at radius 2 is 2.25 bits per heavy atom. The Bertz CT molecular complexity index is 631. The maximum atomic E-state index is 6.07. The number of piperidine rings is 1. The molecule has 4 rings (SSSR count). The highest BCUT2D eigenvalue weighted by Gasteiger charge is 2.38. The summed E-state index contributed by atoms with van der Waals surface area (Å²) in [4.78, 5) is 9.50. The summed E-state index contributed by atoms with van der Waals surface area (Å²) in [6.45, 7) is 5.30. The number of H-pyrrole nitrogens is 1. The van der Waals surface area contributed by atoms with Gasteiger partial charge in [0.1, 0.15) is 0 Å². The van der Waals surface area contributed by atoms with Crippen LogP contribution in [0.25, 0.3) is 10.9 Å². The van der Waals surface area contributed by atoms with Crippen LogP contribution in [0, 0.1) is 0 Å². The Kier molecular flexibility index (Phi) is 2.86. The fourth-order valence-electron chi connectivity index (χ4n) is 4.02. The maximum Gasteiger partial charge on any atom is 0.0737 e. The van der Waals surface area contributed by atoms with Gasteiger partial charge in [-0.15, -0.1) is 0 Å². The molecule has 1 saturated heterocycles. The summed E-state index contributed by atoms with van der Waals surface area (Å²) in [5.74, 6) is 0.620. The summed E-state index contributed by atoms with van der Waals surface area (Å²) in [6.07, 6.45) is 6.06. The van der Waals surface area contributed by atoms with Gasteiger partial charge in [-0.05, 0) is 50.3 Å². The zero-order chi connectivity index (χ0) is 13.7. The molecule has 0 bridgehead atoms. The molecule has 106 valence electrons. The van der Waals surface area contributed by atoms with Crippen LogP contribution in [-0.4, -0.2) is 28.7 Å². The predicted molar refractivity (Wildman–Crippen MR) is 80.7 cm³/mol. The molecule has 1 aromatic carbocycles. The molecule has 1 aliphatic heterocycles. The first-order chi connectivity index (χ1) is 9.74. The zero-order valence-electron chi connectivity index (χ0n) is 12.2. The standard InChI is InChI=1S/C17H22N2O/c1-11(2)20-19-8-4-6-13-14-5-3-7-15-17(14)12(10-18-15)9-16(13)19/h3,5,7,10-11,13,16,18H,4,6,8-9H2,1-2H3/t13-,16-/m1/s1. The van der Waals surface area contributed by atoms with E-state index in [2.05, 4.69) is 48.3 Å². The number of nitrogens with zero attached hydrogens (tertiary/aromatic N) is 1. The van der Waals surface area contributed by atoms with Crippen molar-refractivity contribution in [2.75, 3.05) is 6.54 Å². The number of rotatable bonds is 2. The maximum absolute atomic E-state index is 6.07. The summed E-state index contributed by atoms with van der Waals surface area (Å²) in [7, 11) is 0. The van der Waals surface area contributed by atoms with Crippen LogP contribution in [-0.2, 0) is 11.3 Å². The van der Waals surface area contributed by atoms with Crippen molar-refractivity contribution in [3.8, 4) is 0 Å². The smallest absolute Gasteiger partial charge is 0.0737 e. The predicted octanol–water partition coefficient (Wildman–Crippen LogP) is 3.61. The zero-order valence-corrected chi connectivity index (χ0v) is 12.2. The first-order valence-corrected chi connectivity index (χ1v) is 7.76. The lowest BCUT2D eigenvalue weighted by atomic mass is 9.76. The molecule has 2 aliphatic rings. The van der Waals surface area contributed by atoms with E-state index in [9.17, 15) is 0 Å². The Hall–Kier alpha value is -1.32. The van der Waals surface area contributed by atoms with Crippen molar-refractivity contribution in [1.82, 2.24) is 10.0 Å². The number of hydroxylamine groups is 2. The van der Waals surface area contributed by atoms with Crippen molar-refractivity contribution in [2.45, 2.75) is 51.2 Å². The summed E-state index contributed by atoms with van der Waals surface area (Å²) in [6, 6.07) is 7.19. The van der Waals surface area contributed by atoms with E-state index in [4.69, 9.17) is 4.84 Å². The Balaban J connectivity index is 1.77. The minimum Gasteiger partial charge on any atom is -0.361 e. The fourth-order valence-corrected chi connectivity index (χ4v) is 4.02. The molecule has 1 aliphatic carbocycles. The molecule has 3 heteroatoms. The summed E-state index contributed by atoms with van der Waals surface area (Å²) in [5.41, 5.74) is 4.26. The van der Waals surface area contributed by atoms with Crippen LogP contribution in [0.1, 0.15) is 43.7 Å². The number of aromatic amines is 1.